The quantitative estimate of drug-likeness (QED) is 0.507. The van der Waals surface area contributed by atoms with Crippen LogP contribution in [-0.4, -0.2) is 43.0 Å². The van der Waals surface area contributed by atoms with Crippen molar-refractivity contribution in [1.82, 2.24) is 5.32 Å². The van der Waals surface area contributed by atoms with Crippen molar-refractivity contribution in [3.8, 4) is 0 Å². The van der Waals surface area contributed by atoms with Gasteiger partial charge in [0.25, 0.3) is 5.91 Å². The first-order valence-electron chi connectivity index (χ1n) is 7.83. The van der Waals surface area contributed by atoms with Gasteiger partial charge in [-0.15, -0.1) is 11.3 Å². The third-order valence-corrected chi connectivity index (χ3v) is 8.16. The molecule has 2 aromatic rings. The minimum Gasteiger partial charge on any atom is -0.423 e. The van der Waals surface area contributed by atoms with Crippen LogP contribution in [0.3, 0.4) is 0 Å². The van der Waals surface area contributed by atoms with Crippen molar-refractivity contribution in [2.24, 2.45) is 0 Å². The number of thiophene rings is 1. The lowest BCUT2D eigenvalue weighted by molar-refractivity contribution is 0.0933. The Morgan fingerprint density at radius 2 is 2.08 bits per heavy atom. The standard InChI is InChI=1S/C16H16BNO6S2/c1-9-6-14(12-4-5-25-16(12)26(9,23)24)18-15(20)10-2-3-13(17(21)22)11(7-10)8-19/h2-5,7-9,14,21-22H,6H2,1H3,(H,18,20)/t9-,14-/m0/s1. The van der Waals surface area contributed by atoms with Gasteiger partial charge in [0.15, 0.2) is 9.84 Å². The summed E-state index contributed by atoms with van der Waals surface area (Å²) in [5.41, 5.74) is 0.756. The molecule has 0 spiro atoms. The van der Waals surface area contributed by atoms with Gasteiger partial charge >= 0.3 is 7.12 Å². The van der Waals surface area contributed by atoms with Gasteiger partial charge in [-0.3, -0.25) is 9.59 Å². The molecule has 136 valence electrons. The molecular formula is C16H16BNO6S2. The molecule has 1 aromatic heterocycles. The number of carbonyl (C=O) groups is 2. The Balaban J connectivity index is 1.89. The molecule has 0 unspecified atom stereocenters. The number of rotatable bonds is 4. The molecule has 0 radical (unpaired) electrons. The zero-order valence-corrected chi connectivity index (χ0v) is 15.4. The summed E-state index contributed by atoms with van der Waals surface area (Å²) in [5.74, 6) is -0.472. The normalized spacial score (nSPS) is 20.9. The summed E-state index contributed by atoms with van der Waals surface area (Å²) in [5, 5.41) is 22.3. The van der Waals surface area contributed by atoms with Crippen molar-refractivity contribution < 1.29 is 28.1 Å². The van der Waals surface area contributed by atoms with Crippen molar-refractivity contribution in [3.05, 3.63) is 46.3 Å². The molecule has 10 heteroatoms. The molecule has 0 saturated carbocycles. The van der Waals surface area contributed by atoms with Crippen LogP contribution in [-0.2, 0) is 9.84 Å². The molecule has 0 aliphatic carbocycles. The second kappa shape index (κ2) is 6.95. The van der Waals surface area contributed by atoms with Crippen molar-refractivity contribution in [3.63, 3.8) is 0 Å². The number of amides is 1. The Bertz CT molecular complexity index is 969. The Kier molecular flexibility index (Phi) is 5.02. The summed E-state index contributed by atoms with van der Waals surface area (Å²) in [6.45, 7) is 1.61. The van der Waals surface area contributed by atoms with Gasteiger partial charge in [-0.25, -0.2) is 8.42 Å². The van der Waals surface area contributed by atoms with E-state index in [0.29, 0.717) is 11.8 Å². The van der Waals surface area contributed by atoms with E-state index in [-0.39, 0.29) is 27.2 Å². The molecule has 1 aromatic carbocycles. The number of hydrogen-bond acceptors (Lipinski definition) is 7. The van der Waals surface area contributed by atoms with Gasteiger partial charge in [-0.2, -0.15) is 0 Å². The second-order valence-electron chi connectivity index (χ2n) is 6.12. The number of sulfone groups is 1. The minimum absolute atomic E-state index is 0.00321. The van der Waals surface area contributed by atoms with Crippen LogP contribution in [0.4, 0.5) is 0 Å². The van der Waals surface area contributed by atoms with Gasteiger partial charge in [0, 0.05) is 16.7 Å². The van der Waals surface area contributed by atoms with Crippen molar-refractivity contribution in [1.29, 1.82) is 0 Å². The summed E-state index contributed by atoms with van der Waals surface area (Å²) >= 11 is 1.13. The number of carbonyl (C=O) groups excluding carboxylic acids is 2. The first kappa shape index (κ1) is 18.8. The van der Waals surface area contributed by atoms with Gasteiger partial charge in [0.1, 0.15) is 10.5 Å². The number of benzene rings is 1. The van der Waals surface area contributed by atoms with Crippen molar-refractivity contribution in [2.75, 3.05) is 0 Å². The molecule has 2 atom stereocenters. The SMILES string of the molecule is C[C@H]1C[C@H](NC(=O)c2ccc(B(O)O)c(C=O)c2)c2ccsc2S1(=O)=O. The van der Waals surface area contributed by atoms with E-state index in [2.05, 4.69) is 5.32 Å². The Hall–Kier alpha value is -2.01. The predicted octanol–water partition coefficient (Wildman–Crippen LogP) is 0.277. The monoisotopic (exact) mass is 393 g/mol. The molecule has 3 N–H and O–H groups in total. The van der Waals surface area contributed by atoms with Crippen LogP contribution >= 0.6 is 11.3 Å². The fourth-order valence-corrected chi connectivity index (χ4v) is 6.23. The van der Waals surface area contributed by atoms with E-state index in [0.717, 1.165) is 11.3 Å². The van der Waals surface area contributed by atoms with Gasteiger partial charge in [0.2, 0.25) is 0 Å². The summed E-state index contributed by atoms with van der Waals surface area (Å²) in [6, 6.07) is 5.19. The summed E-state index contributed by atoms with van der Waals surface area (Å²) in [4.78, 5) is 23.7. The lowest BCUT2D eigenvalue weighted by Gasteiger charge is -2.28. The maximum atomic E-state index is 12.6. The van der Waals surface area contributed by atoms with Gasteiger partial charge < -0.3 is 15.4 Å². The maximum absolute atomic E-state index is 12.6. The van der Waals surface area contributed by atoms with Crippen LogP contribution < -0.4 is 10.8 Å². The lowest BCUT2D eigenvalue weighted by Crippen LogP contribution is -2.37. The van der Waals surface area contributed by atoms with E-state index in [1.54, 1.807) is 18.4 Å². The lowest BCUT2D eigenvalue weighted by atomic mass is 9.77. The highest BCUT2D eigenvalue weighted by molar-refractivity contribution is 7.94. The molecular weight excluding hydrogens is 377 g/mol. The number of nitrogens with one attached hydrogen (secondary N) is 1. The first-order chi connectivity index (χ1) is 12.3. The molecule has 1 amide bonds. The van der Waals surface area contributed by atoms with Gasteiger partial charge in [-0.1, -0.05) is 6.07 Å². The first-order valence-corrected chi connectivity index (χ1v) is 10.3. The zero-order chi connectivity index (χ0) is 19.1. The average Bonchev–Trinajstić information content (AvgIpc) is 3.10. The topological polar surface area (TPSA) is 121 Å². The molecule has 26 heavy (non-hydrogen) atoms. The highest BCUT2D eigenvalue weighted by Crippen LogP contribution is 2.39. The fraction of sp³-hybridized carbons (Fsp3) is 0.250. The number of fused-ring (bicyclic) bond motifs is 1. The third-order valence-electron chi connectivity index (χ3n) is 4.45. The van der Waals surface area contributed by atoms with Crippen molar-refractivity contribution >= 4 is 45.9 Å². The number of aldehydes is 1. The van der Waals surface area contributed by atoms with E-state index < -0.39 is 34.2 Å². The molecule has 0 bridgehead atoms. The fourth-order valence-electron chi connectivity index (χ4n) is 2.99. The van der Waals surface area contributed by atoms with Crippen LogP contribution in [0.15, 0.2) is 33.9 Å². The van der Waals surface area contributed by atoms with E-state index in [1.165, 1.54) is 18.2 Å². The highest BCUT2D eigenvalue weighted by Gasteiger charge is 2.38. The molecule has 3 rings (SSSR count). The van der Waals surface area contributed by atoms with Gasteiger partial charge in [-0.05, 0) is 42.4 Å². The molecule has 0 saturated heterocycles. The Morgan fingerprint density at radius 1 is 1.35 bits per heavy atom. The van der Waals surface area contributed by atoms with Crippen LogP contribution in [0.1, 0.15) is 45.7 Å². The van der Waals surface area contributed by atoms with E-state index in [1.807, 2.05) is 0 Å². The van der Waals surface area contributed by atoms with Crippen LogP contribution in [0.25, 0.3) is 0 Å². The molecule has 1 aliphatic heterocycles. The smallest absolute Gasteiger partial charge is 0.423 e. The minimum atomic E-state index is -3.37. The Morgan fingerprint density at radius 3 is 2.73 bits per heavy atom. The Labute approximate surface area is 154 Å². The van der Waals surface area contributed by atoms with Crippen LogP contribution in [0.2, 0.25) is 0 Å². The number of hydrogen-bond donors (Lipinski definition) is 3. The van der Waals surface area contributed by atoms with E-state index in [9.17, 15) is 28.1 Å². The van der Waals surface area contributed by atoms with Crippen LogP contribution in [0, 0.1) is 0 Å². The molecule has 7 nitrogen and oxygen atoms in total. The average molecular weight is 393 g/mol. The summed E-state index contributed by atoms with van der Waals surface area (Å²) in [7, 11) is -5.19. The largest absolute Gasteiger partial charge is 0.489 e. The van der Waals surface area contributed by atoms with Crippen molar-refractivity contribution in [2.45, 2.75) is 28.8 Å². The third kappa shape index (κ3) is 3.21. The van der Waals surface area contributed by atoms with E-state index >= 15 is 0 Å². The maximum Gasteiger partial charge on any atom is 0.489 e. The van der Waals surface area contributed by atoms with Gasteiger partial charge in [0.05, 0.1) is 11.3 Å². The molecule has 0 fully saturated rings. The summed E-state index contributed by atoms with van der Waals surface area (Å²) in [6.07, 6.45) is 0.698. The molecule has 1 aliphatic rings. The predicted molar refractivity (Wildman–Crippen MR) is 97.4 cm³/mol. The highest BCUT2D eigenvalue weighted by atomic mass is 32.2. The summed E-state index contributed by atoms with van der Waals surface area (Å²) < 4.78 is 25.0. The van der Waals surface area contributed by atoms with E-state index in [4.69, 9.17) is 0 Å². The zero-order valence-electron chi connectivity index (χ0n) is 13.7. The second-order valence-corrected chi connectivity index (χ2v) is 9.59. The molecule has 2 heterocycles. The van der Waals surface area contributed by atoms with Crippen LogP contribution in [0.5, 0.6) is 0 Å².